The Morgan fingerprint density at radius 2 is 1.50 bits per heavy atom. The molecule has 0 aromatic rings. The highest BCUT2D eigenvalue weighted by molar-refractivity contribution is 4.81. The van der Waals surface area contributed by atoms with E-state index in [1.165, 1.54) is 84.3 Å². The zero-order valence-electron chi connectivity index (χ0n) is 13.3. The van der Waals surface area contributed by atoms with Gasteiger partial charge in [0, 0.05) is 19.1 Å². The lowest BCUT2D eigenvalue weighted by Crippen LogP contribution is -2.44. The fourth-order valence-electron chi connectivity index (χ4n) is 4.45. The third-order valence-corrected chi connectivity index (χ3v) is 5.67. The summed E-state index contributed by atoms with van der Waals surface area (Å²) in [5, 5.41) is 3.57. The molecule has 3 aliphatic rings. The highest BCUT2D eigenvalue weighted by atomic mass is 15.2. The second-order valence-corrected chi connectivity index (χ2v) is 7.50. The topological polar surface area (TPSA) is 18.5 Å². The Balaban J connectivity index is 1.35. The zero-order valence-corrected chi connectivity index (χ0v) is 13.3. The quantitative estimate of drug-likeness (QED) is 0.851. The number of hydrogen-bond donors (Lipinski definition) is 1. The molecule has 3 rings (SSSR count). The van der Waals surface area contributed by atoms with Crippen LogP contribution in [0.3, 0.4) is 0 Å². The van der Waals surface area contributed by atoms with Crippen LogP contribution in [0.25, 0.3) is 0 Å². The third kappa shape index (κ3) is 4.19. The average Bonchev–Trinajstić information content (AvgIpc) is 2.94. The molecule has 2 unspecified atom stereocenters. The Kier molecular flexibility index (Phi) is 5.36. The normalized spacial score (nSPS) is 34.6. The maximum absolute atomic E-state index is 3.57. The zero-order chi connectivity index (χ0) is 13.8. The summed E-state index contributed by atoms with van der Waals surface area (Å²) in [6.07, 6.45) is 8.53. The molecule has 3 aliphatic heterocycles. The minimum absolute atomic E-state index is 0.737. The number of rotatable bonds is 4. The van der Waals surface area contributed by atoms with Crippen molar-refractivity contribution in [1.29, 1.82) is 0 Å². The molecule has 1 N–H and O–H groups in total. The highest BCUT2D eigenvalue weighted by Crippen LogP contribution is 2.23. The first-order valence-electron chi connectivity index (χ1n) is 8.97. The van der Waals surface area contributed by atoms with E-state index in [-0.39, 0.29) is 0 Å². The van der Waals surface area contributed by atoms with Crippen molar-refractivity contribution < 1.29 is 0 Å². The van der Waals surface area contributed by atoms with E-state index in [2.05, 4.69) is 22.0 Å². The minimum Gasteiger partial charge on any atom is -0.314 e. The molecule has 3 heteroatoms. The van der Waals surface area contributed by atoms with Crippen molar-refractivity contribution >= 4 is 0 Å². The molecular formula is C17H33N3. The van der Waals surface area contributed by atoms with Gasteiger partial charge in [0.2, 0.25) is 0 Å². The second-order valence-electron chi connectivity index (χ2n) is 7.50. The molecule has 3 saturated heterocycles. The molecule has 20 heavy (non-hydrogen) atoms. The van der Waals surface area contributed by atoms with Crippen molar-refractivity contribution in [2.75, 3.05) is 45.8 Å². The summed E-state index contributed by atoms with van der Waals surface area (Å²) < 4.78 is 0. The fraction of sp³-hybridized carbons (Fsp3) is 1.00. The molecule has 3 fully saturated rings. The summed E-state index contributed by atoms with van der Waals surface area (Å²) in [5.41, 5.74) is 0. The van der Waals surface area contributed by atoms with Gasteiger partial charge in [-0.3, -0.25) is 0 Å². The van der Waals surface area contributed by atoms with Crippen LogP contribution >= 0.6 is 0 Å². The van der Waals surface area contributed by atoms with Gasteiger partial charge in [-0.05, 0) is 90.0 Å². The van der Waals surface area contributed by atoms with Crippen LogP contribution in [0, 0.1) is 11.8 Å². The first-order chi connectivity index (χ1) is 9.79. The highest BCUT2D eigenvalue weighted by Gasteiger charge is 2.25. The van der Waals surface area contributed by atoms with E-state index in [0.29, 0.717) is 0 Å². The first kappa shape index (κ1) is 14.8. The molecule has 0 aromatic heterocycles. The van der Waals surface area contributed by atoms with Crippen LogP contribution in [0.15, 0.2) is 0 Å². The van der Waals surface area contributed by atoms with Crippen LogP contribution in [0.2, 0.25) is 0 Å². The van der Waals surface area contributed by atoms with Crippen molar-refractivity contribution in [2.24, 2.45) is 11.8 Å². The Morgan fingerprint density at radius 3 is 2.20 bits per heavy atom. The molecule has 116 valence electrons. The summed E-state index contributed by atoms with van der Waals surface area (Å²) in [7, 11) is 0. The Labute approximate surface area is 125 Å². The van der Waals surface area contributed by atoms with Crippen molar-refractivity contribution in [3.05, 3.63) is 0 Å². The lowest BCUT2D eigenvalue weighted by Gasteiger charge is -2.37. The predicted octanol–water partition coefficient (Wildman–Crippen LogP) is 2.18. The summed E-state index contributed by atoms with van der Waals surface area (Å²) in [4.78, 5) is 5.46. The Bertz CT molecular complexity index is 280. The molecule has 0 saturated carbocycles. The average molecular weight is 279 g/mol. The SMILES string of the molecule is CC1CC(CN2CCC(CN3CCCC3)CC2)CCN1. The standard InChI is InChI=1S/C17H33N3/c1-15-12-17(4-7-18-15)14-20-10-5-16(6-11-20)13-19-8-2-3-9-19/h15-18H,2-14H2,1H3. The molecule has 0 bridgehead atoms. The number of hydrogen-bond acceptors (Lipinski definition) is 3. The van der Waals surface area contributed by atoms with E-state index in [1.54, 1.807) is 0 Å². The van der Waals surface area contributed by atoms with Crippen molar-refractivity contribution in [2.45, 2.75) is 51.5 Å². The maximum Gasteiger partial charge on any atom is 0.00418 e. The first-order valence-corrected chi connectivity index (χ1v) is 8.97. The van der Waals surface area contributed by atoms with Gasteiger partial charge in [-0.2, -0.15) is 0 Å². The summed E-state index contributed by atoms with van der Waals surface area (Å²) >= 11 is 0. The maximum atomic E-state index is 3.57. The van der Waals surface area contributed by atoms with E-state index >= 15 is 0 Å². The lowest BCUT2D eigenvalue weighted by atomic mass is 9.90. The number of likely N-dealkylation sites (tertiary alicyclic amines) is 2. The molecular weight excluding hydrogens is 246 g/mol. The largest absolute Gasteiger partial charge is 0.314 e. The van der Waals surface area contributed by atoms with Crippen molar-refractivity contribution in [3.63, 3.8) is 0 Å². The van der Waals surface area contributed by atoms with Crippen molar-refractivity contribution in [1.82, 2.24) is 15.1 Å². The number of nitrogens with zero attached hydrogens (tertiary/aromatic N) is 2. The lowest BCUT2D eigenvalue weighted by molar-refractivity contribution is 0.125. The van der Waals surface area contributed by atoms with Crippen LogP contribution in [0.4, 0.5) is 0 Å². The van der Waals surface area contributed by atoms with Crippen LogP contribution in [-0.2, 0) is 0 Å². The van der Waals surface area contributed by atoms with E-state index in [1.807, 2.05) is 0 Å². The summed E-state index contributed by atoms with van der Waals surface area (Å²) in [5.74, 6) is 1.93. The fourth-order valence-corrected chi connectivity index (χ4v) is 4.45. The van der Waals surface area contributed by atoms with Gasteiger partial charge in [-0.25, -0.2) is 0 Å². The summed E-state index contributed by atoms with van der Waals surface area (Å²) in [6, 6.07) is 0.737. The predicted molar refractivity (Wildman–Crippen MR) is 85.0 cm³/mol. The molecule has 3 nitrogen and oxygen atoms in total. The molecule has 0 radical (unpaired) electrons. The van der Waals surface area contributed by atoms with Gasteiger partial charge in [0.05, 0.1) is 0 Å². The number of nitrogens with one attached hydrogen (secondary N) is 1. The van der Waals surface area contributed by atoms with E-state index in [4.69, 9.17) is 0 Å². The van der Waals surface area contributed by atoms with Crippen LogP contribution in [-0.4, -0.2) is 61.7 Å². The second kappa shape index (κ2) is 7.24. The van der Waals surface area contributed by atoms with Crippen LogP contribution in [0.1, 0.15) is 45.4 Å². The van der Waals surface area contributed by atoms with Gasteiger partial charge in [0.1, 0.15) is 0 Å². The van der Waals surface area contributed by atoms with Gasteiger partial charge in [0.15, 0.2) is 0 Å². The van der Waals surface area contributed by atoms with Gasteiger partial charge in [-0.1, -0.05) is 0 Å². The molecule has 0 aromatic carbocycles. The van der Waals surface area contributed by atoms with Gasteiger partial charge >= 0.3 is 0 Å². The Morgan fingerprint density at radius 1 is 0.850 bits per heavy atom. The van der Waals surface area contributed by atoms with Crippen LogP contribution in [0.5, 0.6) is 0 Å². The third-order valence-electron chi connectivity index (χ3n) is 5.67. The molecule has 0 amide bonds. The molecule has 0 aliphatic carbocycles. The monoisotopic (exact) mass is 279 g/mol. The smallest absolute Gasteiger partial charge is 0.00418 e. The summed E-state index contributed by atoms with van der Waals surface area (Å²) in [6.45, 7) is 11.8. The van der Waals surface area contributed by atoms with E-state index in [0.717, 1.165) is 17.9 Å². The molecule has 2 atom stereocenters. The van der Waals surface area contributed by atoms with Gasteiger partial charge in [0.25, 0.3) is 0 Å². The Hall–Kier alpha value is -0.120. The minimum atomic E-state index is 0.737. The molecule has 3 heterocycles. The van der Waals surface area contributed by atoms with Gasteiger partial charge in [-0.15, -0.1) is 0 Å². The van der Waals surface area contributed by atoms with Crippen molar-refractivity contribution in [3.8, 4) is 0 Å². The van der Waals surface area contributed by atoms with E-state index < -0.39 is 0 Å². The van der Waals surface area contributed by atoms with E-state index in [9.17, 15) is 0 Å². The van der Waals surface area contributed by atoms with Crippen LogP contribution < -0.4 is 5.32 Å². The van der Waals surface area contributed by atoms with Gasteiger partial charge < -0.3 is 15.1 Å². The number of piperidine rings is 2. The molecule has 0 spiro atoms.